The van der Waals surface area contributed by atoms with E-state index in [1.54, 1.807) is 0 Å². The molecule has 0 aromatic heterocycles. The van der Waals surface area contributed by atoms with Gasteiger partial charge >= 0.3 is 0 Å². The van der Waals surface area contributed by atoms with E-state index in [-0.39, 0.29) is 18.0 Å². The van der Waals surface area contributed by atoms with Crippen LogP contribution in [0.5, 0.6) is 0 Å². The van der Waals surface area contributed by atoms with E-state index < -0.39 is 0 Å². The molecule has 1 saturated heterocycles. The number of nitrogens with zero attached hydrogens (tertiary/aromatic N) is 2. The topological polar surface area (TPSA) is 24.8 Å². The van der Waals surface area contributed by atoms with Crippen LogP contribution in [-0.2, 0) is 4.74 Å². The van der Waals surface area contributed by atoms with E-state index in [9.17, 15) is 0 Å². The minimum atomic E-state index is 0.132. The van der Waals surface area contributed by atoms with Crippen LogP contribution in [-0.4, -0.2) is 43.0 Å². The predicted molar refractivity (Wildman–Crippen MR) is 76.2 cm³/mol. The van der Waals surface area contributed by atoms with E-state index in [2.05, 4.69) is 37.6 Å². The highest BCUT2D eigenvalue weighted by Crippen LogP contribution is 2.37. The number of hydrogen-bond acceptors (Lipinski definition) is 2. The van der Waals surface area contributed by atoms with Crippen LogP contribution in [0.1, 0.15) is 53.4 Å². The van der Waals surface area contributed by atoms with Gasteiger partial charge in [-0.05, 0) is 39.9 Å². The molecule has 1 saturated carbocycles. The molecule has 0 amide bonds. The third-order valence-electron chi connectivity index (χ3n) is 3.83. The van der Waals surface area contributed by atoms with Gasteiger partial charge < -0.3 is 9.64 Å². The average molecular weight is 248 g/mol. The van der Waals surface area contributed by atoms with Gasteiger partial charge in [0.15, 0.2) is 0 Å². The maximum absolute atomic E-state index is 6.27. The molecule has 2 fully saturated rings. The molecule has 2 rings (SSSR count). The first-order valence-corrected chi connectivity index (χ1v) is 7.29. The fourth-order valence-corrected chi connectivity index (χ4v) is 3.06. The van der Waals surface area contributed by atoms with E-state index in [4.69, 9.17) is 12.6 Å². The molecule has 3 unspecified atom stereocenters. The molecule has 1 aliphatic carbocycles. The Morgan fingerprint density at radius 3 is 2.50 bits per heavy atom. The molecule has 0 spiro atoms. The van der Waals surface area contributed by atoms with E-state index in [0.717, 1.165) is 12.4 Å². The van der Waals surface area contributed by atoms with Gasteiger partial charge in [-0.25, -0.2) is 4.99 Å². The standard InChI is InChI=1S/C14H25BN2O/c1-9(2)16-14-17(10(3)4)12-8-6-5-7-11(15)13(12)18-14/h9-13H,5-8H2,1-4H3. The first-order chi connectivity index (χ1) is 8.50. The van der Waals surface area contributed by atoms with Gasteiger partial charge in [0.25, 0.3) is 6.02 Å². The molecule has 1 heterocycles. The summed E-state index contributed by atoms with van der Waals surface area (Å²) in [5, 5.41) is 0. The molecule has 2 aliphatic rings. The number of fused-ring (bicyclic) bond motifs is 1. The molecule has 1 aliphatic heterocycles. The Labute approximate surface area is 112 Å². The van der Waals surface area contributed by atoms with Crippen molar-refractivity contribution in [2.75, 3.05) is 0 Å². The zero-order valence-electron chi connectivity index (χ0n) is 12.1. The zero-order valence-corrected chi connectivity index (χ0v) is 12.1. The molecular weight excluding hydrogens is 223 g/mol. The van der Waals surface area contributed by atoms with Crippen LogP contribution in [0.3, 0.4) is 0 Å². The first-order valence-electron chi connectivity index (χ1n) is 7.29. The van der Waals surface area contributed by atoms with Crippen LogP contribution in [0.4, 0.5) is 0 Å². The molecule has 0 aromatic rings. The second-order valence-corrected chi connectivity index (χ2v) is 6.10. The molecule has 3 nitrogen and oxygen atoms in total. The summed E-state index contributed by atoms with van der Waals surface area (Å²) in [4.78, 5) is 6.98. The van der Waals surface area contributed by atoms with Gasteiger partial charge in [0, 0.05) is 12.1 Å². The van der Waals surface area contributed by atoms with Crippen LogP contribution >= 0.6 is 0 Å². The van der Waals surface area contributed by atoms with E-state index in [0.29, 0.717) is 12.1 Å². The molecular formula is C14H25BN2O. The van der Waals surface area contributed by atoms with Crippen molar-refractivity contribution in [2.45, 2.75) is 83.4 Å². The normalized spacial score (nSPS) is 34.9. The summed E-state index contributed by atoms with van der Waals surface area (Å²) in [5.41, 5.74) is 0. The smallest absolute Gasteiger partial charge is 0.288 e. The van der Waals surface area contributed by atoms with Crippen molar-refractivity contribution in [3.63, 3.8) is 0 Å². The van der Waals surface area contributed by atoms with E-state index >= 15 is 0 Å². The van der Waals surface area contributed by atoms with Crippen molar-refractivity contribution in [1.29, 1.82) is 0 Å². The fourth-order valence-electron chi connectivity index (χ4n) is 3.06. The molecule has 18 heavy (non-hydrogen) atoms. The second kappa shape index (κ2) is 5.54. The zero-order chi connectivity index (χ0) is 13.3. The summed E-state index contributed by atoms with van der Waals surface area (Å²) in [5.74, 6) is 0.151. The van der Waals surface area contributed by atoms with Gasteiger partial charge in [-0.1, -0.05) is 19.3 Å². The van der Waals surface area contributed by atoms with Crippen molar-refractivity contribution in [2.24, 2.45) is 4.99 Å². The minimum Gasteiger partial charge on any atom is -0.460 e. The largest absolute Gasteiger partial charge is 0.460 e. The van der Waals surface area contributed by atoms with Crippen LogP contribution in [0.25, 0.3) is 0 Å². The third kappa shape index (κ3) is 2.67. The lowest BCUT2D eigenvalue weighted by Crippen LogP contribution is -2.42. The van der Waals surface area contributed by atoms with Crippen molar-refractivity contribution < 1.29 is 4.74 Å². The maximum atomic E-state index is 6.27. The summed E-state index contributed by atoms with van der Waals surface area (Å²) >= 11 is 0. The quantitative estimate of drug-likeness (QED) is 0.702. The Morgan fingerprint density at radius 1 is 1.22 bits per heavy atom. The van der Waals surface area contributed by atoms with Gasteiger partial charge in [0.05, 0.1) is 13.9 Å². The number of rotatable bonds is 2. The molecule has 2 radical (unpaired) electrons. The van der Waals surface area contributed by atoms with E-state index in [1.807, 2.05) is 0 Å². The SMILES string of the molecule is [B]C1CCCCC2C1OC(=NC(C)C)N2C(C)C. The molecule has 100 valence electrons. The fraction of sp³-hybridized carbons (Fsp3) is 0.929. The minimum absolute atomic E-state index is 0.132. The number of hydrogen-bond donors (Lipinski definition) is 0. The van der Waals surface area contributed by atoms with Crippen LogP contribution in [0, 0.1) is 0 Å². The summed E-state index contributed by atoms with van der Waals surface area (Å²) in [6.07, 6.45) is 4.85. The Hall–Kier alpha value is -0.665. The predicted octanol–water partition coefficient (Wildman–Crippen LogP) is 2.76. The van der Waals surface area contributed by atoms with Crippen molar-refractivity contribution in [1.82, 2.24) is 4.90 Å². The Kier molecular flexibility index (Phi) is 4.23. The highest BCUT2D eigenvalue weighted by atomic mass is 16.5. The number of aliphatic imine (C=N–C) groups is 1. The van der Waals surface area contributed by atoms with Gasteiger partial charge in [0.2, 0.25) is 0 Å². The van der Waals surface area contributed by atoms with Crippen molar-refractivity contribution in [3.8, 4) is 0 Å². The van der Waals surface area contributed by atoms with Crippen LogP contribution in [0.15, 0.2) is 4.99 Å². The Morgan fingerprint density at radius 2 is 1.89 bits per heavy atom. The van der Waals surface area contributed by atoms with Crippen molar-refractivity contribution in [3.05, 3.63) is 0 Å². The lowest BCUT2D eigenvalue weighted by Gasteiger charge is -2.29. The van der Waals surface area contributed by atoms with Gasteiger partial charge in [0.1, 0.15) is 6.10 Å². The summed E-state index contributed by atoms with van der Waals surface area (Å²) in [6.45, 7) is 8.59. The maximum Gasteiger partial charge on any atom is 0.288 e. The number of ether oxygens (including phenoxy) is 1. The summed E-state index contributed by atoms with van der Waals surface area (Å²) in [6, 6.07) is 1.91. The molecule has 0 bridgehead atoms. The average Bonchev–Trinajstić information content (AvgIpc) is 2.52. The Balaban J connectivity index is 2.26. The lowest BCUT2D eigenvalue weighted by atomic mass is 9.78. The third-order valence-corrected chi connectivity index (χ3v) is 3.83. The molecule has 4 heteroatoms. The van der Waals surface area contributed by atoms with E-state index in [1.165, 1.54) is 19.3 Å². The monoisotopic (exact) mass is 248 g/mol. The summed E-state index contributed by atoms with van der Waals surface area (Å²) in [7, 11) is 6.27. The highest BCUT2D eigenvalue weighted by Gasteiger charge is 2.44. The highest BCUT2D eigenvalue weighted by molar-refractivity contribution is 6.12. The molecule has 0 N–H and O–H groups in total. The van der Waals surface area contributed by atoms with Crippen molar-refractivity contribution >= 4 is 13.9 Å². The van der Waals surface area contributed by atoms with Crippen LogP contribution < -0.4 is 0 Å². The summed E-state index contributed by atoms with van der Waals surface area (Å²) < 4.78 is 6.09. The Bertz CT molecular complexity index is 317. The van der Waals surface area contributed by atoms with Crippen LogP contribution in [0.2, 0.25) is 5.82 Å². The first kappa shape index (κ1) is 13.8. The molecule has 3 atom stereocenters. The number of amidine groups is 1. The van der Waals surface area contributed by atoms with Gasteiger partial charge in [-0.2, -0.15) is 0 Å². The lowest BCUT2D eigenvalue weighted by molar-refractivity contribution is 0.172. The molecule has 0 aromatic carbocycles. The van der Waals surface area contributed by atoms with Gasteiger partial charge in [-0.15, -0.1) is 0 Å². The van der Waals surface area contributed by atoms with Gasteiger partial charge in [-0.3, -0.25) is 0 Å². The second-order valence-electron chi connectivity index (χ2n) is 6.10.